The van der Waals surface area contributed by atoms with Crippen LogP contribution in [0.1, 0.15) is 41.8 Å². The fraction of sp³-hybridized carbons (Fsp3) is 0.368. The van der Waals surface area contributed by atoms with Crippen LogP contribution in [0.4, 0.5) is 0 Å². The van der Waals surface area contributed by atoms with E-state index in [0.29, 0.717) is 6.54 Å². The first-order chi connectivity index (χ1) is 11.7. The molecule has 2 amide bonds. The molecule has 2 aromatic rings. The van der Waals surface area contributed by atoms with Gasteiger partial charge in [0.1, 0.15) is 0 Å². The Labute approximate surface area is 141 Å². The number of carbonyl (C=O) groups excluding carboxylic acids is 2. The summed E-state index contributed by atoms with van der Waals surface area (Å²) in [6.45, 7) is 0.552. The first-order valence-corrected chi connectivity index (χ1v) is 8.34. The molecular weight excluding hydrogens is 304 g/mol. The average Bonchev–Trinajstić information content (AvgIpc) is 3.31. The van der Waals surface area contributed by atoms with E-state index in [1.54, 1.807) is 12.1 Å². The number of furan rings is 1. The zero-order valence-electron chi connectivity index (χ0n) is 13.6. The smallest absolute Gasteiger partial charge is 0.287 e. The predicted molar refractivity (Wildman–Crippen MR) is 90.6 cm³/mol. The second-order valence-corrected chi connectivity index (χ2v) is 6.29. The molecule has 0 saturated heterocycles. The third-order valence-electron chi connectivity index (χ3n) is 4.73. The summed E-state index contributed by atoms with van der Waals surface area (Å²) in [6.07, 6.45) is 5.95. The monoisotopic (exact) mass is 326 g/mol. The molecule has 0 aliphatic heterocycles. The lowest BCUT2D eigenvalue weighted by atomic mass is 9.79. The van der Waals surface area contributed by atoms with Crippen molar-refractivity contribution in [3.63, 3.8) is 0 Å². The number of hydrogen-bond acceptors (Lipinski definition) is 3. The topological polar surface area (TPSA) is 71.3 Å². The highest BCUT2D eigenvalue weighted by Gasteiger charge is 2.35. The minimum absolute atomic E-state index is 0.0158. The van der Waals surface area contributed by atoms with Crippen LogP contribution in [0.25, 0.3) is 0 Å². The highest BCUT2D eigenvalue weighted by molar-refractivity contribution is 5.94. The van der Waals surface area contributed by atoms with Crippen LogP contribution in [0.5, 0.6) is 0 Å². The van der Waals surface area contributed by atoms with Crippen molar-refractivity contribution >= 4 is 11.8 Å². The van der Waals surface area contributed by atoms with Crippen LogP contribution in [0.2, 0.25) is 0 Å². The number of hydrogen-bond donors (Lipinski definition) is 2. The van der Waals surface area contributed by atoms with Gasteiger partial charge < -0.3 is 15.1 Å². The van der Waals surface area contributed by atoms with Gasteiger partial charge in [0.25, 0.3) is 5.91 Å². The van der Waals surface area contributed by atoms with E-state index < -0.39 is 0 Å². The summed E-state index contributed by atoms with van der Waals surface area (Å²) in [7, 11) is 0. The van der Waals surface area contributed by atoms with Crippen molar-refractivity contribution in [2.45, 2.75) is 31.1 Å². The Hall–Kier alpha value is -2.56. The summed E-state index contributed by atoms with van der Waals surface area (Å²) in [5, 5.41) is 5.55. The summed E-state index contributed by atoms with van der Waals surface area (Å²) in [4.78, 5) is 23.9. The van der Waals surface area contributed by atoms with Crippen molar-refractivity contribution in [1.82, 2.24) is 10.6 Å². The fourth-order valence-corrected chi connectivity index (χ4v) is 3.40. The minimum atomic E-state index is -0.381. The molecule has 1 fully saturated rings. The Balaban J connectivity index is 1.53. The van der Waals surface area contributed by atoms with Gasteiger partial charge in [-0.3, -0.25) is 9.59 Å². The zero-order valence-corrected chi connectivity index (χ0v) is 13.6. The van der Waals surface area contributed by atoms with Gasteiger partial charge in [-0.1, -0.05) is 43.2 Å². The lowest BCUT2D eigenvalue weighted by Crippen LogP contribution is -2.43. The third kappa shape index (κ3) is 3.67. The van der Waals surface area contributed by atoms with Crippen molar-refractivity contribution in [1.29, 1.82) is 0 Å². The lowest BCUT2D eigenvalue weighted by molar-refractivity contribution is -0.120. The first kappa shape index (κ1) is 16.3. The second kappa shape index (κ2) is 7.34. The highest BCUT2D eigenvalue weighted by atomic mass is 16.3. The molecule has 3 rings (SSSR count). The SMILES string of the molecule is O=C(CNC(=O)c1ccco1)NCC1(c2ccccc2)CCCC1. The summed E-state index contributed by atoms with van der Waals surface area (Å²) in [5.74, 6) is -0.356. The average molecular weight is 326 g/mol. The number of rotatable bonds is 6. The third-order valence-corrected chi connectivity index (χ3v) is 4.73. The van der Waals surface area contributed by atoms with Gasteiger partial charge in [-0.2, -0.15) is 0 Å². The zero-order chi connectivity index (χ0) is 16.8. The van der Waals surface area contributed by atoms with Crippen molar-refractivity contribution in [3.8, 4) is 0 Å². The van der Waals surface area contributed by atoms with E-state index in [0.717, 1.165) is 12.8 Å². The molecule has 1 heterocycles. The number of nitrogens with one attached hydrogen (secondary N) is 2. The van der Waals surface area contributed by atoms with Crippen LogP contribution in [0.15, 0.2) is 53.1 Å². The van der Waals surface area contributed by atoms with E-state index in [1.807, 2.05) is 18.2 Å². The molecule has 2 N–H and O–H groups in total. The molecule has 126 valence electrons. The van der Waals surface area contributed by atoms with E-state index in [4.69, 9.17) is 4.42 Å². The normalized spacial score (nSPS) is 15.8. The summed E-state index contributed by atoms with van der Waals surface area (Å²) in [5.41, 5.74) is 1.30. The van der Waals surface area contributed by atoms with E-state index in [-0.39, 0.29) is 29.5 Å². The lowest BCUT2D eigenvalue weighted by Gasteiger charge is -2.30. The van der Waals surface area contributed by atoms with Gasteiger partial charge in [0.05, 0.1) is 12.8 Å². The van der Waals surface area contributed by atoms with Gasteiger partial charge in [-0.25, -0.2) is 0 Å². The summed E-state index contributed by atoms with van der Waals surface area (Å²) < 4.78 is 5.00. The molecule has 1 aromatic carbocycles. The molecule has 0 unspecified atom stereocenters. The maximum absolute atomic E-state index is 12.1. The van der Waals surface area contributed by atoms with Crippen molar-refractivity contribution in [2.24, 2.45) is 0 Å². The largest absolute Gasteiger partial charge is 0.459 e. The number of amides is 2. The van der Waals surface area contributed by atoms with Gasteiger partial charge in [0, 0.05) is 12.0 Å². The Bertz CT molecular complexity index is 674. The molecule has 24 heavy (non-hydrogen) atoms. The van der Waals surface area contributed by atoms with Gasteiger partial charge >= 0.3 is 0 Å². The summed E-state index contributed by atoms with van der Waals surface area (Å²) in [6, 6.07) is 13.6. The molecule has 1 aliphatic rings. The van der Waals surface area contributed by atoms with Crippen LogP contribution in [0, 0.1) is 0 Å². The highest BCUT2D eigenvalue weighted by Crippen LogP contribution is 2.40. The molecule has 1 saturated carbocycles. The molecule has 0 atom stereocenters. The van der Waals surface area contributed by atoms with Crippen molar-refractivity contribution in [2.75, 3.05) is 13.1 Å². The van der Waals surface area contributed by atoms with Crippen LogP contribution in [0.3, 0.4) is 0 Å². The molecule has 0 radical (unpaired) electrons. The maximum Gasteiger partial charge on any atom is 0.287 e. The minimum Gasteiger partial charge on any atom is -0.459 e. The number of carbonyl (C=O) groups is 2. The Morgan fingerprint density at radius 3 is 2.42 bits per heavy atom. The molecular formula is C19H22N2O3. The Kier molecular flexibility index (Phi) is 4.99. The molecule has 0 bridgehead atoms. The molecule has 5 nitrogen and oxygen atoms in total. The second-order valence-electron chi connectivity index (χ2n) is 6.29. The predicted octanol–water partition coefficient (Wildman–Crippen LogP) is 2.64. The van der Waals surface area contributed by atoms with Gasteiger partial charge in [-0.15, -0.1) is 0 Å². The Morgan fingerprint density at radius 2 is 1.75 bits per heavy atom. The maximum atomic E-state index is 12.1. The van der Waals surface area contributed by atoms with Crippen LogP contribution >= 0.6 is 0 Å². The van der Waals surface area contributed by atoms with E-state index in [9.17, 15) is 9.59 Å². The van der Waals surface area contributed by atoms with E-state index in [1.165, 1.54) is 24.7 Å². The first-order valence-electron chi connectivity index (χ1n) is 8.34. The van der Waals surface area contributed by atoms with Crippen molar-refractivity contribution in [3.05, 3.63) is 60.1 Å². The quantitative estimate of drug-likeness (QED) is 0.857. The molecule has 0 spiro atoms. The van der Waals surface area contributed by atoms with E-state index >= 15 is 0 Å². The van der Waals surface area contributed by atoms with Crippen LogP contribution < -0.4 is 10.6 Å². The molecule has 1 aliphatic carbocycles. The molecule has 1 aromatic heterocycles. The van der Waals surface area contributed by atoms with Crippen molar-refractivity contribution < 1.29 is 14.0 Å². The van der Waals surface area contributed by atoms with Gasteiger partial charge in [0.15, 0.2) is 5.76 Å². The fourth-order valence-electron chi connectivity index (χ4n) is 3.40. The van der Waals surface area contributed by atoms with Gasteiger partial charge in [-0.05, 0) is 30.5 Å². The standard InChI is InChI=1S/C19H22N2O3/c22-17(13-20-18(23)16-9-6-12-24-16)21-14-19(10-4-5-11-19)15-7-2-1-3-8-15/h1-3,6-9,12H,4-5,10-11,13-14H2,(H,20,23)(H,21,22). The van der Waals surface area contributed by atoms with Crippen LogP contribution in [-0.2, 0) is 10.2 Å². The van der Waals surface area contributed by atoms with E-state index in [2.05, 4.69) is 22.8 Å². The summed E-state index contributed by atoms with van der Waals surface area (Å²) >= 11 is 0. The van der Waals surface area contributed by atoms with Gasteiger partial charge in [0.2, 0.25) is 5.91 Å². The molecule has 5 heteroatoms. The number of benzene rings is 1. The Morgan fingerprint density at radius 1 is 1.00 bits per heavy atom. The van der Waals surface area contributed by atoms with Crippen LogP contribution in [-0.4, -0.2) is 24.9 Å².